The molecule has 7 heteroatoms. The Kier molecular flexibility index (Phi) is 4.81. The van der Waals surface area contributed by atoms with Gasteiger partial charge in [0.25, 0.3) is 5.56 Å². The zero-order valence-corrected chi connectivity index (χ0v) is 14.6. The molecule has 0 fully saturated rings. The number of fused-ring (bicyclic) bond motifs is 1. The molecule has 0 aliphatic rings. The van der Waals surface area contributed by atoms with Gasteiger partial charge in [-0.1, -0.05) is 52.7 Å². The van der Waals surface area contributed by atoms with Gasteiger partial charge in [0.05, 0.1) is 16.5 Å². The van der Waals surface area contributed by atoms with Crippen molar-refractivity contribution < 1.29 is 4.79 Å². The number of nitrogens with one attached hydrogen (secondary N) is 1. The van der Waals surface area contributed by atoms with Crippen LogP contribution in [0, 0.1) is 6.92 Å². The highest BCUT2D eigenvalue weighted by Gasteiger charge is 2.13. The third-order valence-corrected chi connectivity index (χ3v) is 4.26. The SMILES string of the molecule is Cc1ccc([C@H](C)NC(=O)Cn2nnc3c(Cl)cccc3c2=O)cc1. The molecule has 2 aromatic carbocycles. The molecule has 0 saturated carbocycles. The van der Waals surface area contributed by atoms with Crippen molar-refractivity contribution in [2.75, 3.05) is 0 Å². The second-order valence-electron chi connectivity index (χ2n) is 5.89. The van der Waals surface area contributed by atoms with E-state index in [9.17, 15) is 9.59 Å². The minimum absolute atomic E-state index is 0.174. The number of aromatic nitrogens is 3. The summed E-state index contributed by atoms with van der Waals surface area (Å²) < 4.78 is 1.04. The van der Waals surface area contributed by atoms with Gasteiger partial charge in [-0.3, -0.25) is 9.59 Å². The first-order valence-electron chi connectivity index (χ1n) is 7.83. The van der Waals surface area contributed by atoms with Gasteiger partial charge in [0, 0.05) is 0 Å². The fourth-order valence-corrected chi connectivity index (χ4v) is 2.75. The molecule has 1 amide bonds. The topological polar surface area (TPSA) is 76.9 Å². The van der Waals surface area contributed by atoms with Gasteiger partial charge in [-0.25, -0.2) is 4.68 Å². The number of rotatable bonds is 4. The molecule has 3 aromatic rings. The van der Waals surface area contributed by atoms with Gasteiger partial charge >= 0.3 is 0 Å². The zero-order chi connectivity index (χ0) is 18.0. The van der Waals surface area contributed by atoms with Crippen LogP contribution in [0.15, 0.2) is 47.3 Å². The number of carbonyl (C=O) groups is 1. The lowest BCUT2D eigenvalue weighted by Crippen LogP contribution is -2.35. The second-order valence-corrected chi connectivity index (χ2v) is 6.30. The number of hydrogen-bond donors (Lipinski definition) is 1. The summed E-state index contributed by atoms with van der Waals surface area (Å²) in [6, 6.07) is 12.6. The molecule has 0 spiro atoms. The lowest BCUT2D eigenvalue weighted by molar-refractivity contribution is -0.122. The third-order valence-electron chi connectivity index (χ3n) is 3.95. The smallest absolute Gasteiger partial charge is 0.278 e. The summed E-state index contributed by atoms with van der Waals surface area (Å²) in [5, 5.41) is 11.3. The Morgan fingerprint density at radius 1 is 1.24 bits per heavy atom. The van der Waals surface area contributed by atoms with E-state index in [0.29, 0.717) is 15.9 Å². The van der Waals surface area contributed by atoms with E-state index in [1.54, 1.807) is 18.2 Å². The van der Waals surface area contributed by atoms with Crippen LogP contribution >= 0.6 is 11.6 Å². The van der Waals surface area contributed by atoms with E-state index in [4.69, 9.17) is 11.6 Å². The van der Waals surface area contributed by atoms with Crippen LogP contribution in [0.1, 0.15) is 24.1 Å². The van der Waals surface area contributed by atoms with Crippen molar-refractivity contribution >= 4 is 28.4 Å². The van der Waals surface area contributed by atoms with Crippen LogP contribution in [0.25, 0.3) is 10.9 Å². The number of nitrogens with zero attached hydrogens (tertiary/aromatic N) is 3. The van der Waals surface area contributed by atoms with Crippen molar-refractivity contribution in [3.8, 4) is 0 Å². The minimum atomic E-state index is -0.398. The molecule has 0 bridgehead atoms. The molecule has 3 rings (SSSR count). The summed E-state index contributed by atoms with van der Waals surface area (Å²) in [5.74, 6) is -0.314. The number of benzene rings is 2. The van der Waals surface area contributed by atoms with Crippen molar-refractivity contribution in [2.45, 2.75) is 26.4 Å². The average Bonchev–Trinajstić information content (AvgIpc) is 2.58. The van der Waals surface area contributed by atoms with Crippen LogP contribution in [0.5, 0.6) is 0 Å². The van der Waals surface area contributed by atoms with Gasteiger partial charge < -0.3 is 5.32 Å². The van der Waals surface area contributed by atoms with Crippen LogP contribution in [0.3, 0.4) is 0 Å². The molecule has 0 unspecified atom stereocenters. The number of hydrogen-bond acceptors (Lipinski definition) is 4. The van der Waals surface area contributed by atoms with Crippen LogP contribution < -0.4 is 10.9 Å². The first kappa shape index (κ1) is 17.1. The molecule has 25 heavy (non-hydrogen) atoms. The standard InChI is InChI=1S/C18H17ClN4O2/c1-11-6-8-13(9-7-11)12(2)20-16(24)10-23-18(25)14-4-3-5-15(19)17(14)21-22-23/h3-9,12H,10H2,1-2H3,(H,20,24)/t12-/m0/s1. The van der Waals surface area contributed by atoms with Crippen molar-refractivity contribution in [2.24, 2.45) is 0 Å². The fourth-order valence-electron chi connectivity index (χ4n) is 2.53. The van der Waals surface area contributed by atoms with Gasteiger partial charge in [-0.2, -0.15) is 0 Å². The molecule has 1 heterocycles. The molecule has 0 saturated heterocycles. The Morgan fingerprint density at radius 3 is 2.68 bits per heavy atom. The van der Waals surface area contributed by atoms with E-state index in [1.807, 2.05) is 38.1 Å². The lowest BCUT2D eigenvalue weighted by atomic mass is 10.1. The molecular formula is C18H17ClN4O2. The monoisotopic (exact) mass is 356 g/mol. The highest BCUT2D eigenvalue weighted by Crippen LogP contribution is 2.17. The quantitative estimate of drug-likeness (QED) is 0.779. The molecule has 1 aromatic heterocycles. The second kappa shape index (κ2) is 7.03. The Hall–Kier alpha value is -2.73. The van der Waals surface area contributed by atoms with Crippen LogP contribution in [0.2, 0.25) is 5.02 Å². The highest BCUT2D eigenvalue weighted by molar-refractivity contribution is 6.34. The average molecular weight is 357 g/mol. The maximum atomic E-state index is 12.4. The van der Waals surface area contributed by atoms with Gasteiger partial charge in [0.2, 0.25) is 5.91 Å². The number of aryl methyl sites for hydroxylation is 1. The summed E-state index contributed by atoms with van der Waals surface area (Å²) in [4.78, 5) is 24.7. The Morgan fingerprint density at radius 2 is 1.96 bits per heavy atom. The number of halogens is 1. The van der Waals surface area contributed by atoms with Gasteiger partial charge in [0.1, 0.15) is 12.1 Å². The van der Waals surface area contributed by atoms with Crippen molar-refractivity contribution in [1.82, 2.24) is 20.3 Å². The summed E-state index contributed by atoms with van der Waals surface area (Å²) in [6.07, 6.45) is 0. The molecule has 128 valence electrons. The molecule has 0 aliphatic heterocycles. The molecule has 0 radical (unpaired) electrons. The first-order chi connectivity index (χ1) is 12.0. The van der Waals surface area contributed by atoms with Gasteiger partial charge in [-0.05, 0) is 31.5 Å². The summed E-state index contributed by atoms with van der Waals surface area (Å²) in [6.45, 7) is 3.69. The predicted octanol–water partition coefficient (Wildman–Crippen LogP) is 2.63. The zero-order valence-electron chi connectivity index (χ0n) is 13.9. The summed E-state index contributed by atoms with van der Waals surface area (Å²) >= 11 is 6.00. The Labute approximate surface area is 149 Å². The van der Waals surface area contributed by atoms with Crippen LogP contribution in [-0.2, 0) is 11.3 Å². The molecule has 6 nitrogen and oxygen atoms in total. The normalized spacial score (nSPS) is 12.1. The first-order valence-corrected chi connectivity index (χ1v) is 8.21. The van der Waals surface area contributed by atoms with E-state index in [-0.39, 0.29) is 18.5 Å². The summed E-state index contributed by atoms with van der Waals surface area (Å²) in [7, 11) is 0. The van der Waals surface area contributed by atoms with Crippen LogP contribution in [0.4, 0.5) is 0 Å². The molecule has 0 aliphatic carbocycles. The van der Waals surface area contributed by atoms with Crippen molar-refractivity contribution in [1.29, 1.82) is 0 Å². The molecule has 1 N–H and O–H groups in total. The Balaban J connectivity index is 1.77. The molecule has 1 atom stereocenters. The lowest BCUT2D eigenvalue weighted by Gasteiger charge is -2.15. The largest absolute Gasteiger partial charge is 0.348 e. The van der Waals surface area contributed by atoms with Gasteiger partial charge in [-0.15, -0.1) is 5.10 Å². The van der Waals surface area contributed by atoms with E-state index < -0.39 is 5.56 Å². The highest BCUT2D eigenvalue weighted by atomic mass is 35.5. The third kappa shape index (κ3) is 3.69. The number of carbonyl (C=O) groups excluding carboxylic acids is 1. The van der Waals surface area contributed by atoms with Crippen molar-refractivity contribution in [3.63, 3.8) is 0 Å². The van der Waals surface area contributed by atoms with E-state index in [0.717, 1.165) is 15.8 Å². The maximum absolute atomic E-state index is 12.4. The molecular weight excluding hydrogens is 340 g/mol. The van der Waals surface area contributed by atoms with Crippen LogP contribution in [-0.4, -0.2) is 20.9 Å². The van der Waals surface area contributed by atoms with E-state index in [1.165, 1.54) is 0 Å². The predicted molar refractivity (Wildman–Crippen MR) is 96.5 cm³/mol. The Bertz CT molecular complexity index is 983. The fraction of sp³-hybridized carbons (Fsp3) is 0.222. The van der Waals surface area contributed by atoms with E-state index >= 15 is 0 Å². The number of amides is 1. The van der Waals surface area contributed by atoms with E-state index in [2.05, 4.69) is 15.6 Å². The summed E-state index contributed by atoms with van der Waals surface area (Å²) in [5.41, 5.74) is 2.08. The van der Waals surface area contributed by atoms with Crippen molar-refractivity contribution in [3.05, 3.63) is 69.0 Å². The van der Waals surface area contributed by atoms with Gasteiger partial charge in [0.15, 0.2) is 0 Å². The maximum Gasteiger partial charge on any atom is 0.278 e. The minimum Gasteiger partial charge on any atom is -0.348 e.